The summed E-state index contributed by atoms with van der Waals surface area (Å²) < 4.78 is 30.7. The fourth-order valence-corrected chi connectivity index (χ4v) is 5.39. The third-order valence-electron chi connectivity index (χ3n) is 7.43. The van der Waals surface area contributed by atoms with E-state index in [4.69, 9.17) is 29.2 Å². The molecule has 3 unspecified atom stereocenters. The summed E-state index contributed by atoms with van der Waals surface area (Å²) in [4.78, 5) is 29.3. The molecule has 0 spiro atoms. The van der Waals surface area contributed by atoms with Crippen LogP contribution in [0.25, 0.3) is 10.4 Å². The molecule has 2 rings (SSSR count). The van der Waals surface area contributed by atoms with E-state index in [0.29, 0.717) is 24.2 Å². The molecule has 0 aromatic heterocycles. The molecule has 0 aromatic rings. The van der Waals surface area contributed by atoms with Gasteiger partial charge in [0.05, 0.1) is 29.9 Å². The lowest BCUT2D eigenvalue weighted by atomic mass is 9.80. The lowest BCUT2D eigenvalue weighted by molar-refractivity contribution is -0.285. The van der Waals surface area contributed by atoms with Crippen LogP contribution in [0, 0.1) is 17.8 Å². The monoisotopic (exact) mass is 524 g/mol. The Morgan fingerprint density at radius 1 is 1.32 bits per heavy atom. The van der Waals surface area contributed by atoms with Crippen LogP contribution in [-0.2, 0) is 33.3 Å². The zero-order valence-corrected chi connectivity index (χ0v) is 23.9. The maximum absolute atomic E-state index is 12.6. The van der Waals surface area contributed by atoms with Crippen LogP contribution in [0.5, 0.6) is 0 Å². The minimum atomic E-state index is -1.14. The van der Waals surface area contributed by atoms with Crippen LogP contribution in [0.4, 0.5) is 0 Å². The van der Waals surface area contributed by atoms with E-state index in [1.165, 1.54) is 0 Å². The molecule has 11 nitrogen and oxygen atoms in total. The molecule has 1 fully saturated rings. The molecule has 1 saturated heterocycles. The summed E-state index contributed by atoms with van der Waals surface area (Å²) in [6.07, 6.45) is 0.285. The fraction of sp³-hybridized carbons (Fsp3) is 0.846. The molecule has 0 aliphatic carbocycles. The van der Waals surface area contributed by atoms with Gasteiger partial charge in [0.25, 0.3) is 0 Å². The zero-order chi connectivity index (χ0) is 28.1. The number of cyclic esters (lactones) is 1. The second-order valence-electron chi connectivity index (χ2n) is 11.2. The Bertz CT molecular complexity index is 901. The van der Waals surface area contributed by atoms with Gasteiger partial charge in [0.15, 0.2) is 6.29 Å². The summed E-state index contributed by atoms with van der Waals surface area (Å²) >= 11 is 0. The van der Waals surface area contributed by atoms with Crippen molar-refractivity contribution in [3.63, 3.8) is 0 Å². The summed E-state index contributed by atoms with van der Waals surface area (Å²) in [5.74, 6) is -1.95. The molecular formula is C26H44N4O7. The zero-order valence-electron chi connectivity index (χ0n) is 23.9. The Hall–Kier alpha value is -2.17. The second kappa shape index (κ2) is 12.6. The van der Waals surface area contributed by atoms with Crippen molar-refractivity contribution in [1.29, 1.82) is 0 Å². The molecule has 2 aliphatic rings. The number of azide groups is 1. The first-order valence-corrected chi connectivity index (χ1v) is 12.8. The van der Waals surface area contributed by atoms with Gasteiger partial charge in [-0.15, -0.1) is 0 Å². The van der Waals surface area contributed by atoms with Crippen LogP contribution in [0.1, 0.15) is 61.3 Å². The number of hydrogen-bond acceptors (Lipinski definition) is 9. The number of carbonyl (C=O) groups is 2. The summed E-state index contributed by atoms with van der Waals surface area (Å²) in [5, 5.41) is 3.73. The molecule has 0 N–H and O–H groups in total. The average Bonchev–Trinajstić information content (AvgIpc) is 2.83. The highest BCUT2D eigenvalue weighted by Crippen LogP contribution is 2.41. The first kappa shape index (κ1) is 31.1. The van der Waals surface area contributed by atoms with Gasteiger partial charge in [0.2, 0.25) is 5.79 Å². The normalized spacial score (nSPS) is 29.9. The Morgan fingerprint density at radius 2 is 1.97 bits per heavy atom. The predicted octanol–water partition coefficient (Wildman–Crippen LogP) is 4.21. The predicted molar refractivity (Wildman–Crippen MR) is 137 cm³/mol. The lowest BCUT2D eigenvalue weighted by Crippen LogP contribution is -2.56. The molecule has 2 aliphatic heterocycles. The maximum Gasteiger partial charge on any atom is 0.340 e. The van der Waals surface area contributed by atoms with Crippen LogP contribution in [-0.4, -0.2) is 80.8 Å². The van der Waals surface area contributed by atoms with Gasteiger partial charge in [-0.25, -0.2) is 4.79 Å². The molecule has 0 amide bonds. The van der Waals surface area contributed by atoms with E-state index in [9.17, 15) is 9.59 Å². The summed E-state index contributed by atoms with van der Waals surface area (Å²) in [6, 6.07) is 0.108. The molecule has 0 saturated carbocycles. The quantitative estimate of drug-likeness (QED) is 0.122. The van der Waals surface area contributed by atoms with E-state index < -0.39 is 35.7 Å². The van der Waals surface area contributed by atoms with Crippen molar-refractivity contribution < 1.29 is 33.3 Å². The number of esters is 1. The van der Waals surface area contributed by atoms with E-state index >= 15 is 0 Å². The molecule has 0 bridgehead atoms. The van der Waals surface area contributed by atoms with Gasteiger partial charge < -0.3 is 33.4 Å². The van der Waals surface area contributed by atoms with Crippen LogP contribution >= 0.6 is 0 Å². The van der Waals surface area contributed by atoms with E-state index in [2.05, 4.69) is 21.8 Å². The molecule has 11 heteroatoms. The number of hydrogen-bond donors (Lipinski definition) is 0. The number of methoxy groups -OCH3 is 1. The lowest BCUT2D eigenvalue weighted by Gasteiger charge is -2.48. The van der Waals surface area contributed by atoms with Crippen molar-refractivity contribution >= 4 is 12.3 Å². The molecule has 0 radical (unpaired) electrons. The summed E-state index contributed by atoms with van der Waals surface area (Å²) in [6.45, 7) is 12.9. The third-order valence-corrected chi connectivity index (χ3v) is 7.43. The van der Waals surface area contributed by atoms with Crippen molar-refractivity contribution in [2.24, 2.45) is 22.9 Å². The molecule has 2 heterocycles. The Kier molecular flexibility index (Phi) is 10.6. The van der Waals surface area contributed by atoms with Gasteiger partial charge in [-0.05, 0) is 46.3 Å². The van der Waals surface area contributed by atoms with Gasteiger partial charge >= 0.3 is 5.97 Å². The van der Waals surface area contributed by atoms with Crippen molar-refractivity contribution in [3.05, 3.63) is 21.8 Å². The van der Waals surface area contributed by atoms with Gasteiger partial charge in [-0.2, -0.15) is 0 Å². The number of ether oxygens (including phenoxy) is 5. The first-order valence-electron chi connectivity index (χ1n) is 12.8. The van der Waals surface area contributed by atoms with Crippen LogP contribution in [0.3, 0.4) is 0 Å². The van der Waals surface area contributed by atoms with Crippen molar-refractivity contribution in [2.75, 3.05) is 27.7 Å². The molecule has 8 atom stereocenters. The SMILES string of the molecule is CO[C@](C)(C[C@@H](C)C=O)[C@H](O[C@@H]1OC(CN=[N+]=[N-])CC(N(C)C)C1C)[C@@H](C)C1=C(C)C(=O)OC(C)(C)O1. The molecule has 210 valence electrons. The van der Waals surface area contributed by atoms with Crippen molar-refractivity contribution in [2.45, 2.75) is 97.2 Å². The van der Waals surface area contributed by atoms with Crippen molar-refractivity contribution in [3.8, 4) is 0 Å². The largest absolute Gasteiger partial charge is 0.456 e. The van der Waals surface area contributed by atoms with Gasteiger partial charge in [0, 0.05) is 49.7 Å². The minimum absolute atomic E-state index is 0.0413. The number of carbonyl (C=O) groups excluding carboxylic acids is 2. The highest BCUT2D eigenvalue weighted by Gasteiger charge is 2.48. The Morgan fingerprint density at radius 3 is 2.51 bits per heavy atom. The van der Waals surface area contributed by atoms with Crippen LogP contribution in [0.2, 0.25) is 0 Å². The van der Waals surface area contributed by atoms with Gasteiger partial charge in [0.1, 0.15) is 12.0 Å². The van der Waals surface area contributed by atoms with Crippen molar-refractivity contribution in [1.82, 2.24) is 4.90 Å². The highest BCUT2D eigenvalue weighted by molar-refractivity contribution is 5.89. The van der Waals surface area contributed by atoms with Gasteiger partial charge in [-0.1, -0.05) is 25.9 Å². The fourth-order valence-electron chi connectivity index (χ4n) is 5.39. The standard InChI is InChI=1S/C26H44N4O7/c1-15(14-31)12-26(7,33-10)22(17(3)21-18(4)23(32)37-25(5,6)36-21)35-24-16(2)20(30(8)9)11-19(34-24)13-28-29-27/h14-17,19-20,22,24H,11-13H2,1-10H3/t15-,16?,17+,19?,20?,22-,24+,26-/m1/s1. The number of nitrogens with zero attached hydrogens (tertiary/aromatic N) is 4. The Balaban J connectivity index is 2.54. The third kappa shape index (κ3) is 7.45. The van der Waals surface area contributed by atoms with E-state index in [1.54, 1.807) is 27.9 Å². The van der Waals surface area contributed by atoms with E-state index in [0.717, 1.165) is 6.29 Å². The average molecular weight is 525 g/mol. The second-order valence-corrected chi connectivity index (χ2v) is 11.2. The Labute approximate surface area is 220 Å². The van der Waals surface area contributed by atoms with Crippen LogP contribution < -0.4 is 0 Å². The van der Waals surface area contributed by atoms with E-state index in [1.807, 2.05) is 34.9 Å². The number of rotatable bonds is 12. The minimum Gasteiger partial charge on any atom is -0.456 e. The topological polar surface area (TPSA) is 132 Å². The number of aldehydes is 1. The smallest absolute Gasteiger partial charge is 0.340 e. The molecular weight excluding hydrogens is 480 g/mol. The van der Waals surface area contributed by atoms with Gasteiger partial charge in [-0.3, -0.25) is 0 Å². The maximum atomic E-state index is 12.6. The molecule has 37 heavy (non-hydrogen) atoms. The highest BCUT2D eigenvalue weighted by atomic mass is 16.7. The van der Waals surface area contributed by atoms with E-state index in [-0.39, 0.29) is 30.5 Å². The van der Waals surface area contributed by atoms with Crippen LogP contribution in [0.15, 0.2) is 16.4 Å². The summed E-state index contributed by atoms with van der Waals surface area (Å²) in [7, 11) is 5.58. The summed E-state index contributed by atoms with van der Waals surface area (Å²) in [5.41, 5.74) is 8.27. The first-order chi connectivity index (χ1) is 17.2. The molecule has 0 aromatic carbocycles.